The molecule has 1 saturated heterocycles. The molecule has 4 aromatic rings. The summed E-state index contributed by atoms with van der Waals surface area (Å²) in [7, 11) is -3.83. The van der Waals surface area contributed by atoms with E-state index in [0.29, 0.717) is 35.9 Å². The second-order valence-electron chi connectivity index (χ2n) is 7.58. The molecule has 164 valence electrons. The molecule has 3 N–H and O–H groups in total. The highest BCUT2D eigenvalue weighted by atomic mass is 35.5. The first-order valence-corrected chi connectivity index (χ1v) is 12.5. The molecular formula is C21H18ClN5O3S2. The topological polar surface area (TPSA) is 118 Å². The van der Waals surface area contributed by atoms with Gasteiger partial charge in [-0.1, -0.05) is 23.7 Å². The Kier molecular flexibility index (Phi) is 5.25. The number of hydrogen-bond donors (Lipinski definition) is 2. The Morgan fingerprint density at radius 1 is 1.19 bits per heavy atom. The Balaban J connectivity index is 1.31. The van der Waals surface area contributed by atoms with E-state index in [-0.39, 0.29) is 10.1 Å². The third-order valence-electron chi connectivity index (χ3n) is 5.42. The van der Waals surface area contributed by atoms with Gasteiger partial charge < -0.3 is 10.6 Å². The predicted molar refractivity (Wildman–Crippen MR) is 125 cm³/mol. The summed E-state index contributed by atoms with van der Waals surface area (Å²) < 4.78 is 29.3. The van der Waals surface area contributed by atoms with Gasteiger partial charge in [-0.3, -0.25) is 4.79 Å². The van der Waals surface area contributed by atoms with Crippen molar-refractivity contribution in [3.05, 3.63) is 59.4 Å². The Morgan fingerprint density at radius 3 is 2.88 bits per heavy atom. The lowest BCUT2D eigenvalue weighted by Crippen LogP contribution is -2.41. The summed E-state index contributed by atoms with van der Waals surface area (Å²) in [6.07, 6.45) is 1.80. The fraction of sp³-hybridized carbons (Fsp3) is 0.190. The van der Waals surface area contributed by atoms with E-state index in [4.69, 9.17) is 17.3 Å². The first-order valence-electron chi connectivity index (χ1n) is 9.79. The number of nitrogens with zero attached hydrogens (tertiary/aromatic N) is 3. The van der Waals surface area contributed by atoms with Crippen LogP contribution in [-0.2, 0) is 21.4 Å². The number of nitrogens with one attached hydrogen (secondary N) is 1. The maximum Gasteiger partial charge on any atom is 0.250 e. The van der Waals surface area contributed by atoms with Crippen LogP contribution in [0.2, 0.25) is 5.02 Å². The van der Waals surface area contributed by atoms with Crippen molar-refractivity contribution >= 4 is 65.7 Å². The van der Waals surface area contributed by atoms with Crippen LogP contribution in [0.4, 0.5) is 5.82 Å². The van der Waals surface area contributed by atoms with Gasteiger partial charge in [-0.05, 0) is 47.7 Å². The summed E-state index contributed by atoms with van der Waals surface area (Å²) in [4.78, 5) is 22.7. The number of halogens is 1. The largest absolute Gasteiger partial charge is 0.383 e. The number of benzene rings is 2. The number of thiophene rings is 1. The highest BCUT2D eigenvalue weighted by molar-refractivity contribution is 7.91. The van der Waals surface area contributed by atoms with Crippen molar-refractivity contribution in [2.45, 2.75) is 23.2 Å². The maximum absolute atomic E-state index is 12.9. The SMILES string of the molecule is Nc1ncnc2cc(CN3CC[C@H](NS(=O)(=O)c4cc5ccc(Cl)cc5s4)C3=O)ccc12. The summed E-state index contributed by atoms with van der Waals surface area (Å²) in [5.74, 6) is 0.150. The van der Waals surface area contributed by atoms with Crippen LogP contribution in [0.25, 0.3) is 21.0 Å². The Bertz CT molecular complexity index is 1470. The molecule has 0 bridgehead atoms. The monoisotopic (exact) mass is 487 g/mol. The molecule has 0 unspecified atom stereocenters. The van der Waals surface area contributed by atoms with Gasteiger partial charge in [0.25, 0.3) is 10.0 Å². The number of nitrogen functional groups attached to an aromatic ring is 1. The fourth-order valence-electron chi connectivity index (χ4n) is 3.81. The van der Waals surface area contributed by atoms with Crippen LogP contribution in [0, 0.1) is 0 Å². The van der Waals surface area contributed by atoms with Gasteiger partial charge in [-0.2, -0.15) is 4.72 Å². The lowest BCUT2D eigenvalue weighted by atomic mass is 10.1. The summed E-state index contributed by atoms with van der Waals surface area (Å²) in [6.45, 7) is 0.816. The maximum atomic E-state index is 12.9. The average Bonchev–Trinajstić information content (AvgIpc) is 3.33. The van der Waals surface area contributed by atoms with E-state index in [0.717, 1.165) is 32.4 Å². The number of fused-ring (bicyclic) bond motifs is 2. The van der Waals surface area contributed by atoms with E-state index in [1.807, 2.05) is 18.2 Å². The molecule has 1 atom stereocenters. The molecule has 1 amide bonds. The van der Waals surface area contributed by atoms with Crippen molar-refractivity contribution in [3.8, 4) is 0 Å². The number of sulfonamides is 1. The first-order chi connectivity index (χ1) is 15.3. The van der Waals surface area contributed by atoms with Crippen LogP contribution >= 0.6 is 22.9 Å². The third kappa shape index (κ3) is 3.90. The quantitative estimate of drug-likeness (QED) is 0.446. The molecule has 8 nitrogen and oxygen atoms in total. The molecule has 0 spiro atoms. The second kappa shape index (κ2) is 7.96. The minimum Gasteiger partial charge on any atom is -0.383 e. The second-order valence-corrected chi connectivity index (χ2v) is 11.0. The molecule has 11 heteroatoms. The van der Waals surface area contributed by atoms with E-state index in [1.165, 1.54) is 6.33 Å². The van der Waals surface area contributed by atoms with Crippen molar-refractivity contribution in [2.75, 3.05) is 12.3 Å². The van der Waals surface area contributed by atoms with E-state index in [1.54, 1.807) is 29.2 Å². The number of aromatic nitrogens is 2. The molecule has 2 aromatic carbocycles. The predicted octanol–water partition coefficient (Wildman–Crippen LogP) is 3.16. The molecule has 2 aromatic heterocycles. The Hall–Kier alpha value is -2.79. The third-order valence-corrected chi connectivity index (χ3v) is 8.70. The smallest absolute Gasteiger partial charge is 0.250 e. The van der Waals surface area contributed by atoms with Crippen molar-refractivity contribution in [2.24, 2.45) is 0 Å². The van der Waals surface area contributed by atoms with Crippen molar-refractivity contribution in [1.82, 2.24) is 19.6 Å². The van der Waals surface area contributed by atoms with Gasteiger partial charge in [0.15, 0.2) is 0 Å². The highest BCUT2D eigenvalue weighted by Crippen LogP contribution is 2.31. The molecule has 3 heterocycles. The van der Waals surface area contributed by atoms with Crippen LogP contribution in [-0.4, -0.2) is 41.8 Å². The van der Waals surface area contributed by atoms with Crippen molar-refractivity contribution in [3.63, 3.8) is 0 Å². The van der Waals surface area contributed by atoms with E-state index in [2.05, 4.69) is 14.7 Å². The molecule has 0 saturated carbocycles. The number of rotatable bonds is 5. The minimum absolute atomic E-state index is 0.160. The van der Waals surface area contributed by atoms with Crippen LogP contribution in [0.3, 0.4) is 0 Å². The zero-order chi connectivity index (χ0) is 22.5. The number of nitrogens with two attached hydrogens (primary N) is 1. The number of likely N-dealkylation sites (tertiary alicyclic amines) is 1. The molecule has 32 heavy (non-hydrogen) atoms. The van der Waals surface area contributed by atoms with Gasteiger partial charge in [-0.15, -0.1) is 11.3 Å². The molecular weight excluding hydrogens is 470 g/mol. The average molecular weight is 488 g/mol. The zero-order valence-corrected chi connectivity index (χ0v) is 19.0. The number of hydrogen-bond acceptors (Lipinski definition) is 7. The van der Waals surface area contributed by atoms with Crippen LogP contribution in [0.1, 0.15) is 12.0 Å². The van der Waals surface area contributed by atoms with E-state index in [9.17, 15) is 13.2 Å². The van der Waals surface area contributed by atoms with Crippen LogP contribution in [0.15, 0.2) is 53.0 Å². The molecule has 5 rings (SSSR count). The zero-order valence-electron chi connectivity index (χ0n) is 16.7. The lowest BCUT2D eigenvalue weighted by Gasteiger charge is -2.17. The highest BCUT2D eigenvalue weighted by Gasteiger charge is 2.35. The van der Waals surface area contributed by atoms with Gasteiger partial charge in [0.05, 0.1) is 5.52 Å². The number of carbonyl (C=O) groups is 1. The van der Waals surface area contributed by atoms with Crippen molar-refractivity contribution in [1.29, 1.82) is 0 Å². The molecule has 1 aliphatic rings. The standard InChI is InChI=1S/C21H18ClN5O3S2/c22-14-3-2-13-8-19(31-18(13)9-14)32(29,30)26-16-5-6-27(21(16)28)10-12-1-4-15-17(7-12)24-11-25-20(15)23/h1-4,7-9,11,16,26H,5-6,10H2,(H2,23,24,25)/t16-/m0/s1. The van der Waals surface area contributed by atoms with Gasteiger partial charge in [0.1, 0.15) is 22.4 Å². The van der Waals surface area contributed by atoms with Crippen LogP contribution < -0.4 is 10.5 Å². The number of carbonyl (C=O) groups excluding carboxylic acids is 1. The minimum atomic E-state index is -3.83. The number of amides is 1. The van der Waals surface area contributed by atoms with E-state index < -0.39 is 16.1 Å². The summed E-state index contributed by atoms with van der Waals surface area (Å²) in [5.41, 5.74) is 7.44. The van der Waals surface area contributed by atoms with E-state index >= 15 is 0 Å². The first kappa shape index (κ1) is 21.1. The molecule has 0 radical (unpaired) electrons. The molecule has 1 aliphatic heterocycles. The molecule has 0 aliphatic carbocycles. The van der Waals surface area contributed by atoms with Crippen molar-refractivity contribution < 1.29 is 13.2 Å². The molecule has 1 fully saturated rings. The van der Waals surface area contributed by atoms with Crippen LogP contribution in [0.5, 0.6) is 0 Å². The van der Waals surface area contributed by atoms with Gasteiger partial charge in [0, 0.05) is 28.2 Å². The van der Waals surface area contributed by atoms with Gasteiger partial charge in [-0.25, -0.2) is 18.4 Å². The lowest BCUT2D eigenvalue weighted by molar-refractivity contribution is -0.129. The van der Waals surface area contributed by atoms with Gasteiger partial charge in [0.2, 0.25) is 5.91 Å². The Labute approximate surface area is 193 Å². The summed E-state index contributed by atoms with van der Waals surface area (Å²) in [6, 6.07) is 11.6. The fourth-order valence-corrected chi connectivity index (χ4v) is 6.72. The Morgan fingerprint density at radius 2 is 2.03 bits per heavy atom. The normalized spacial score (nSPS) is 17.0. The summed E-state index contributed by atoms with van der Waals surface area (Å²) >= 11 is 7.13. The number of anilines is 1. The van der Waals surface area contributed by atoms with Gasteiger partial charge >= 0.3 is 0 Å². The summed E-state index contributed by atoms with van der Waals surface area (Å²) in [5, 5.41) is 2.08.